The molecule has 0 atom stereocenters. The molecular weight excluding hydrogens is 236 g/mol. The highest BCUT2D eigenvalue weighted by molar-refractivity contribution is 5.81. The van der Waals surface area contributed by atoms with Crippen molar-refractivity contribution >= 4 is 5.97 Å². The fraction of sp³-hybridized carbons (Fsp3) is 0.706. The number of ether oxygens (including phenoxy) is 1. The molecule has 0 amide bonds. The van der Waals surface area contributed by atoms with E-state index in [1.165, 1.54) is 51.0 Å². The summed E-state index contributed by atoms with van der Waals surface area (Å²) in [5.74, 6) is -0.308. The number of carbonyl (C=O) groups is 1. The number of unbranched alkanes of at least 4 members (excludes halogenated alkanes) is 8. The van der Waals surface area contributed by atoms with E-state index in [4.69, 9.17) is 4.74 Å². The zero-order valence-electron chi connectivity index (χ0n) is 12.5. The van der Waals surface area contributed by atoms with Gasteiger partial charge in [-0.05, 0) is 25.7 Å². The Morgan fingerprint density at radius 1 is 0.947 bits per heavy atom. The predicted molar refractivity (Wildman–Crippen MR) is 82.1 cm³/mol. The summed E-state index contributed by atoms with van der Waals surface area (Å²) in [5.41, 5.74) is 0. The first-order valence-corrected chi connectivity index (χ1v) is 7.75. The topological polar surface area (TPSA) is 26.3 Å². The van der Waals surface area contributed by atoms with Crippen LogP contribution in [0.5, 0.6) is 0 Å². The Labute approximate surface area is 118 Å². The minimum absolute atomic E-state index is 0.308. The molecule has 0 unspecified atom stereocenters. The first-order valence-electron chi connectivity index (χ1n) is 7.75. The van der Waals surface area contributed by atoms with Crippen molar-refractivity contribution in [2.75, 3.05) is 6.61 Å². The third-order valence-electron chi connectivity index (χ3n) is 3.08. The van der Waals surface area contributed by atoms with Crippen molar-refractivity contribution in [3.63, 3.8) is 0 Å². The quantitative estimate of drug-likeness (QED) is 0.198. The maximum absolute atomic E-state index is 10.8. The number of rotatable bonds is 13. The number of hydrogen-bond acceptors (Lipinski definition) is 2. The van der Waals surface area contributed by atoms with Gasteiger partial charge in [0.1, 0.15) is 0 Å². The molecular formula is C17H30O2. The van der Waals surface area contributed by atoms with E-state index in [0.717, 1.165) is 19.3 Å². The molecule has 0 aromatic rings. The van der Waals surface area contributed by atoms with Crippen molar-refractivity contribution in [2.45, 2.75) is 71.1 Å². The summed E-state index contributed by atoms with van der Waals surface area (Å²) in [7, 11) is 0. The van der Waals surface area contributed by atoms with Gasteiger partial charge in [-0.15, -0.1) is 0 Å². The van der Waals surface area contributed by atoms with E-state index < -0.39 is 0 Å². The van der Waals surface area contributed by atoms with Gasteiger partial charge in [0.15, 0.2) is 0 Å². The molecule has 2 nitrogen and oxygen atoms in total. The van der Waals surface area contributed by atoms with Gasteiger partial charge < -0.3 is 4.74 Å². The van der Waals surface area contributed by atoms with E-state index >= 15 is 0 Å². The van der Waals surface area contributed by atoms with Crippen LogP contribution in [-0.4, -0.2) is 12.6 Å². The summed E-state index contributed by atoms with van der Waals surface area (Å²) in [6, 6.07) is 0. The molecule has 0 aliphatic carbocycles. The molecule has 0 rings (SSSR count). The van der Waals surface area contributed by atoms with E-state index in [-0.39, 0.29) is 5.97 Å². The Bertz CT molecular complexity index is 244. The molecule has 0 heterocycles. The van der Waals surface area contributed by atoms with Gasteiger partial charge in [-0.3, -0.25) is 0 Å². The summed E-state index contributed by atoms with van der Waals surface area (Å²) < 4.78 is 4.92. The molecule has 0 saturated carbocycles. The molecule has 2 heteroatoms. The molecule has 0 fully saturated rings. The van der Waals surface area contributed by atoms with Crippen LogP contribution in [0.4, 0.5) is 0 Å². The van der Waals surface area contributed by atoms with Crippen LogP contribution >= 0.6 is 0 Å². The van der Waals surface area contributed by atoms with Crippen molar-refractivity contribution < 1.29 is 9.53 Å². The largest absolute Gasteiger partial charge is 0.463 e. The van der Waals surface area contributed by atoms with Crippen molar-refractivity contribution in [3.8, 4) is 0 Å². The third-order valence-corrected chi connectivity index (χ3v) is 3.08. The van der Waals surface area contributed by atoms with E-state index in [9.17, 15) is 4.79 Å². The summed E-state index contributed by atoms with van der Waals surface area (Å²) >= 11 is 0. The second-order valence-electron chi connectivity index (χ2n) is 4.87. The predicted octanol–water partition coefficient (Wildman–Crippen LogP) is 5.19. The van der Waals surface area contributed by atoms with Gasteiger partial charge in [-0.1, -0.05) is 64.2 Å². The van der Waals surface area contributed by atoms with Crippen LogP contribution in [0.1, 0.15) is 71.1 Å². The maximum atomic E-state index is 10.8. The highest BCUT2D eigenvalue weighted by atomic mass is 16.5. The highest BCUT2D eigenvalue weighted by Crippen LogP contribution is 2.10. The minimum Gasteiger partial charge on any atom is -0.463 e. The number of carbonyl (C=O) groups excluding carboxylic acids is 1. The van der Waals surface area contributed by atoms with Crippen LogP contribution in [-0.2, 0) is 9.53 Å². The fourth-order valence-corrected chi connectivity index (χ4v) is 1.94. The van der Waals surface area contributed by atoms with E-state index in [1.54, 1.807) is 0 Å². The van der Waals surface area contributed by atoms with Crippen LogP contribution in [0.2, 0.25) is 0 Å². The molecule has 110 valence electrons. The Kier molecular flexibility index (Phi) is 14.2. The molecule has 0 spiro atoms. The van der Waals surface area contributed by atoms with Crippen LogP contribution in [0.15, 0.2) is 24.8 Å². The third kappa shape index (κ3) is 14.9. The summed E-state index contributed by atoms with van der Waals surface area (Å²) in [5, 5.41) is 0. The number of allylic oxidation sites excluding steroid dienone is 2. The molecule has 0 aromatic carbocycles. The van der Waals surface area contributed by atoms with E-state index in [1.807, 2.05) is 0 Å². The van der Waals surface area contributed by atoms with Gasteiger partial charge in [0, 0.05) is 6.08 Å². The van der Waals surface area contributed by atoms with Gasteiger partial charge in [0.05, 0.1) is 6.61 Å². The van der Waals surface area contributed by atoms with Gasteiger partial charge in [0.2, 0.25) is 0 Å². The highest BCUT2D eigenvalue weighted by Gasteiger charge is 1.95. The fourth-order valence-electron chi connectivity index (χ4n) is 1.94. The Morgan fingerprint density at radius 2 is 1.53 bits per heavy atom. The van der Waals surface area contributed by atoms with E-state index in [0.29, 0.717) is 6.61 Å². The van der Waals surface area contributed by atoms with Crippen molar-refractivity contribution in [1.82, 2.24) is 0 Å². The lowest BCUT2D eigenvalue weighted by atomic mass is 10.1. The first kappa shape index (κ1) is 17.9. The molecule has 0 aliphatic heterocycles. The van der Waals surface area contributed by atoms with Crippen molar-refractivity contribution in [3.05, 3.63) is 24.8 Å². The van der Waals surface area contributed by atoms with E-state index in [2.05, 4.69) is 25.7 Å². The van der Waals surface area contributed by atoms with Crippen LogP contribution < -0.4 is 0 Å². The SMILES string of the molecule is C=CC(=O)OCCCCCCCCCCC=CCC. The average molecular weight is 266 g/mol. The van der Waals surface area contributed by atoms with Crippen LogP contribution in [0, 0.1) is 0 Å². The van der Waals surface area contributed by atoms with Crippen molar-refractivity contribution in [1.29, 1.82) is 0 Å². The molecule has 0 bridgehead atoms. The monoisotopic (exact) mass is 266 g/mol. The van der Waals surface area contributed by atoms with Crippen LogP contribution in [0.3, 0.4) is 0 Å². The number of esters is 1. The Balaban J connectivity index is 3.04. The molecule has 0 saturated heterocycles. The first-order chi connectivity index (χ1) is 9.31. The normalized spacial score (nSPS) is 10.8. The average Bonchev–Trinajstić information content (AvgIpc) is 2.43. The maximum Gasteiger partial charge on any atom is 0.330 e. The minimum atomic E-state index is -0.308. The molecule has 0 radical (unpaired) electrons. The lowest BCUT2D eigenvalue weighted by Crippen LogP contribution is -2.01. The zero-order chi connectivity index (χ0) is 14.2. The Hall–Kier alpha value is -1.05. The molecule has 0 aromatic heterocycles. The van der Waals surface area contributed by atoms with Gasteiger partial charge in [-0.2, -0.15) is 0 Å². The molecule has 19 heavy (non-hydrogen) atoms. The zero-order valence-corrected chi connectivity index (χ0v) is 12.5. The lowest BCUT2D eigenvalue weighted by molar-refractivity contribution is -0.137. The lowest BCUT2D eigenvalue weighted by Gasteiger charge is -2.02. The van der Waals surface area contributed by atoms with Crippen LogP contribution in [0.25, 0.3) is 0 Å². The molecule has 0 N–H and O–H groups in total. The second-order valence-corrected chi connectivity index (χ2v) is 4.87. The summed E-state index contributed by atoms with van der Waals surface area (Å²) in [4.78, 5) is 10.8. The number of hydrogen-bond donors (Lipinski definition) is 0. The van der Waals surface area contributed by atoms with Crippen molar-refractivity contribution in [2.24, 2.45) is 0 Å². The smallest absolute Gasteiger partial charge is 0.330 e. The van der Waals surface area contributed by atoms with Gasteiger partial charge in [-0.25, -0.2) is 4.79 Å². The van der Waals surface area contributed by atoms with Gasteiger partial charge >= 0.3 is 5.97 Å². The molecule has 0 aliphatic rings. The summed E-state index contributed by atoms with van der Waals surface area (Å²) in [6.45, 7) is 6.07. The Morgan fingerprint density at radius 3 is 2.11 bits per heavy atom. The van der Waals surface area contributed by atoms with Gasteiger partial charge in [0.25, 0.3) is 0 Å². The second kappa shape index (κ2) is 15.0. The summed E-state index contributed by atoms with van der Waals surface area (Å²) in [6.07, 6.45) is 18.2. The standard InChI is InChI=1S/C17H30O2/c1-3-5-6-7-8-9-10-11-12-13-14-15-16-19-17(18)4-2/h4-6H,2-3,7-16H2,1H3.